The Morgan fingerprint density at radius 1 is 0.283 bits per heavy atom. The predicted octanol–water partition coefficient (Wildman–Crippen LogP) is -18.3. The molecule has 8 rings (SSSR count). The van der Waals surface area contributed by atoms with Crippen molar-refractivity contribution in [1.82, 2.24) is 5.32 Å². The fourth-order valence-corrected chi connectivity index (χ4v) is 11.6. The lowest BCUT2D eigenvalue weighted by atomic mass is 9.94. The zero-order valence-corrected chi connectivity index (χ0v) is 48.5. The average molecular weight is 1360 g/mol. The Bertz CT molecular complexity index is 2260. The zero-order valence-electron chi connectivity index (χ0n) is 48.5. The van der Waals surface area contributed by atoms with Gasteiger partial charge in [0.25, 0.3) is 0 Å². The molecule has 8 saturated heterocycles. The largest absolute Gasteiger partial charge is 0.394 e. The van der Waals surface area contributed by atoms with Crippen molar-refractivity contribution in [2.24, 2.45) is 0 Å². The zero-order chi connectivity index (χ0) is 67.6. The number of hydrogen-bond donors (Lipinski definition) is 26. The first kappa shape index (κ1) is 75.6. The summed E-state index contributed by atoms with van der Waals surface area (Å²) in [5.74, 6) is -0.829. The van der Waals surface area contributed by atoms with Crippen LogP contribution in [0.1, 0.15) is 6.92 Å². The molecule has 8 fully saturated rings. The molecule has 8 aliphatic rings. The quantitative estimate of drug-likeness (QED) is 0.0452. The van der Waals surface area contributed by atoms with Gasteiger partial charge in [-0.25, -0.2) is 0 Å². The van der Waals surface area contributed by atoms with E-state index in [1.165, 1.54) is 0 Å². The molecule has 536 valence electrons. The Balaban J connectivity index is 1.11. The number of rotatable bonds is 23. The maximum absolute atomic E-state index is 12.3. The Morgan fingerprint density at radius 3 is 0.967 bits per heavy atom. The van der Waals surface area contributed by atoms with Crippen LogP contribution >= 0.6 is 0 Å². The van der Waals surface area contributed by atoms with Gasteiger partial charge in [0.05, 0.1) is 52.9 Å². The highest BCUT2D eigenvalue weighted by Gasteiger charge is 2.59. The highest BCUT2D eigenvalue weighted by Crippen LogP contribution is 2.38. The van der Waals surface area contributed by atoms with E-state index < -0.39 is 304 Å². The van der Waals surface area contributed by atoms with E-state index in [1.807, 2.05) is 0 Å². The lowest BCUT2D eigenvalue weighted by molar-refractivity contribution is -0.407. The molecular formula is C50H85NO41. The fraction of sp³-hybridized carbons (Fsp3) is 0.980. The summed E-state index contributed by atoms with van der Waals surface area (Å²) in [6.07, 6.45) is -80.8. The summed E-state index contributed by atoms with van der Waals surface area (Å²) in [6, 6.07) is -1.73. The van der Waals surface area contributed by atoms with E-state index in [9.17, 15) is 132 Å². The first-order valence-corrected chi connectivity index (χ1v) is 29.2. The molecule has 40 atom stereocenters. The number of aliphatic hydroxyl groups is 25. The molecule has 92 heavy (non-hydrogen) atoms. The molecule has 42 heteroatoms. The molecule has 8 aliphatic heterocycles. The van der Waals surface area contributed by atoms with Crippen LogP contribution in [0.5, 0.6) is 0 Å². The molecule has 0 spiro atoms. The predicted molar refractivity (Wildman–Crippen MR) is 276 cm³/mol. The van der Waals surface area contributed by atoms with Gasteiger partial charge in [0.15, 0.2) is 50.3 Å². The standard InChI is InChI=1S/C50H85NO41/c1-10(58)51-19-27(66)38(16(7-57)80-43(19)77)88-48-37(76)40(90-49-42(32(71)24(63)14(5-55)84-49)92-50-41(31(70)23(62)15(6-56)85-50)91-47-35(74)30(69)22(61)13(4-54)83-47)26(65)18(87-48)9-79-45-36(75)39(89-46-34(73)29(68)21(60)12(3-53)82-46)25(64)17(86-45)8-78-44-33(72)28(67)20(59)11(2-52)81-44/h11-50,52-57,59-77H,2-9H2,1H3,(H,51,58)/t11-,12-,13-,14-,15-,16-,17-,18-,19-,20-,21-,22-,23-,24-,25-,26-,27-,28+,29+,30+,31+,32+,33+,34+,35+,36+,37+,38-,39+,40+,41+,42+,43-,44+,45+,46-,47-,48+,49-,50-/m1/s1. The molecule has 0 unspecified atom stereocenters. The molecular weight excluding hydrogens is 1270 g/mol. The number of carbonyl (C=O) groups is 1. The monoisotopic (exact) mass is 1360 g/mol. The SMILES string of the molecule is CC(=O)N[C@@H]1[C@@H](O)[C@H](O[C@@H]2O[C@H](CO[C@H]3O[C@H](CO[C@H]4O[C@H](CO)[C@@H](O)[C@H](O)[C@@H]4O)[C@@H](O)[C@H](O[C@H]4O[C@H](CO)[C@@H](O)[C@H](O)[C@@H]4O)[C@@H]3O)[C@@H](O)[C@H](O[C@H]3O[C@H](CO)[C@@H](O)[C@H](O)[C@@H]3O[C@H]3O[C@H](CO)[C@@H](O)[C@H](O)[C@@H]3O[C@H]3O[C@H](CO)[C@@H](O)[C@H](O)[C@@H]3O)[C@@H]2O)[C@@H](CO)O[C@H]1O. The molecule has 0 radical (unpaired) electrons. The number of aliphatic hydroxyl groups excluding tert-OH is 25. The molecule has 0 aromatic heterocycles. The molecule has 0 aliphatic carbocycles. The van der Waals surface area contributed by atoms with Gasteiger partial charge in [-0.3, -0.25) is 4.79 Å². The minimum atomic E-state index is -2.46. The van der Waals surface area contributed by atoms with Gasteiger partial charge >= 0.3 is 0 Å². The van der Waals surface area contributed by atoms with Crippen molar-refractivity contribution in [1.29, 1.82) is 0 Å². The van der Waals surface area contributed by atoms with E-state index in [1.54, 1.807) is 0 Å². The van der Waals surface area contributed by atoms with Crippen LogP contribution in [0.3, 0.4) is 0 Å². The normalized spacial score (nSPS) is 52.2. The van der Waals surface area contributed by atoms with Crippen molar-refractivity contribution >= 4 is 5.91 Å². The Kier molecular flexibility index (Phi) is 26.9. The summed E-state index contributed by atoms with van der Waals surface area (Å²) >= 11 is 0. The summed E-state index contributed by atoms with van der Waals surface area (Å²) in [4.78, 5) is 12.2. The lowest BCUT2D eigenvalue weighted by Crippen LogP contribution is -2.69. The fourth-order valence-electron chi connectivity index (χ4n) is 11.6. The average Bonchev–Trinajstić information content (AvgIpc) is 0.785. The van der Waals surface area contributed by atoms with Crippen molar-refractivity contribution in [2.75, 3.05) is 52.9 Å². The van der Waals surface area contributed by atoms with Gasteiger partial charge in [-0.05, 0) is 0 Å². The van der Waals surface area contributed by atoms with Crippen molar-refractivity contribution in [2.45, 2.75) is 253 Å². The summed E-state index contributed by atoms with van der Waals surface area (Å²) in [6.45, 7) is -7.26. The van der Waals surface area contributed by atoms with Crippen molar-refractivity contribution < 1.29 is 204 Å². The third-order valence-electron chi connectivity index (χ3n) is 17.0. The van der Waals surface area contributed by atoms with Crippen LogP contribution in [-0.2, 0) is 75.8 Å². The Morgan fingerprint density at radius 2 is 0.565 bits per heavy atom. The Labute approximate surface area is 519 Å². The number of ether oxygens (including phenoxy) is 15. The van der Waals surface area contributed by atoms with E-state index in [0.717, 1.165) is 6.92 Å². The molecule has 0 saturated carbocycles. The molecule has 0 bridgehead atoms. The first-order chi connectivity index (χ1) is 43.5. The van der Waals surface area contributed by atoms with Gasteiger partial charge in [-0.2, -0.15) is 0 Å². The van der Waals surface area contributed by atoms with Gasteiger partial charge < -0.3 is 204 Å². The number of hydrogen-bond acceptors (Lipinski definition) is 41. The lowest BCUT2D eigenvalue weighted by Gasteiger charge is -2.50. The maximum Gasteiger partial charge on any atom is 0.217 e. The second-order valence-corrected chi connectivity index (χ2v) is 23.2. The minimum Gasteiger partial charge on any atom is -0.394 e. The maximum atomic E-state index is 12.3. The molecule has 0 aromatic rings. The third kappa shape index (κ3) is 16.0. The van der Waals surface area contributed by atoms with E-state index in [4.69, 9.17) is 71.1 Å². The van der Waals surface area contributed by atoms with Gasteiger partial charge in [-0.1, -0.05) is 0 Å². The van der Waals surface area contributed by atoms with Crippen molar-refractivity contribution in [3.63, 3.8) is 0 Å². The van der Waals surface area contributed by atoms with E-state index in [0.29, 0.717) is 0 Å². The van der Waals surface area contributed by atoms with E-state index >= 15 is 0 Å². The highest BCUT2D eigenvalue weighted by atomic mass is 16.8. The van der Waals surface area contributed by atoms with Crippen LogP contribution in [0.2, 0.25) is 0 Å². The van der Waals surface area contributed by atoms with Gasteiger partial charge in [0.1, 0.15) is 195 Å². The topological polar surface area (TPSA) is 673 Å². The van der Waals surface area contributed by atoms with Crippen molar-refractivity contribution in [3.05, 3.63) is 0 Å². The van der Waals surface area contributed by atoms with Crippen LogP contribution in [0.4, 0.5) is 0 Å². The second-order valence-electron chi connectivity index (χ2n) is 23.2. The van der Waals surface area contributed by atoms with Crippen LogP contribution < -0.4 is 5.32 Å². The summed E-state index contributed by atoms with van der Waals surface area (Å²) in [7, 11) is 0. The minimum absolute atomic E-state index is 0.829. The number of amides is 1. The van der Waals surface area contributed by atoms with Gasteiger partial charge in [-0.15, -0.1) is 0 Å². The van der Waals surface area contributed by atoms with Crippen LogP contribution in [0.25, 0.3) is 0 Å². The van der Waals surface area contributed by atoms with E-state index in [-0.39, 0.29) is 0 Å². The second kappa shape index (κ2) is 32.7. The van der Waals surface area contributed by atoms with E-state index in [2.05, 4.69) is 5.32 Å². The Hall–Kier alpha value is -2.13. The molecule has 8 heterocycles. The van der Waals surface area contributed by atoms with Gasteiger partial charge in [0, 0.05) is 6.92 Å². The summed E-state index contributed by atoms with van der Waals surface area (Å²) in [5, 5.41) is 273. The summed E-state index contributed by atoms with van der Waals surface area (Å²) in [5.41, 5.74) is 0. The highest BCUT2D eigenvalue weighted by molar-refractivity contribution is 5.73. The molecule has 1 amide bonds. The van der Waals surface area contributed by atoms with Crippen LogP contribution in [-0.4, -0.2) is 432 Å². The number of carbonyl (C=O) groups excluding carboxylic acids is 1. The third-order valence-corrected chi connectivity index (χ3v) is 17.0. The molecule has 26 N–H and O–H groups in total. The molecule has 0 aromatic carbocycles. The van der Waals surface area contributed by atoms with Crippen molar-refractivity contribution in [3.8, 4) is 0 Å². The summed E-state index contributed by atoms with van der Waals surface area (Å²) < 4.78 is 86.1. The van der Waals surface area contributed by atoms with Crippen LogP contribution in [0.15, 0.2) is 0 Å². The van der Waals surface area contributed by atoms with Gasteiger partial charge in [0.2, 0.25) is 5.91 Å². The first-order valence-electron chi connectivity index (χ1n) is 29.2. The number of nitrogens with one attached hydrogen (secondary N) is 1. The van der Waals surface area contributed by atoms with Crippen LogP contribution in [0, 0.1) is 0 Å². The smallest absolute Gasteiger partial charge is 0.217 e. The molecule has 42 nitrogen and oxygen atoms in total.